The molecule has 1 heterocycles. The van der Waals surface area contributed by atoms with E-state index in [0.717, 1.165) is 16.6 Å². The lowest BCUT2D eigenvalue weighted by Gasteiger charge is -2.16. The van der Waals surface area contributed by atoms with Crippen LogP contribution in [0, 0.1) is 11.3 Å². The van der Waals surface area contributed by atoms with Crippen LogP contribution < -0.4 is 15.2 Å². The summed E-state index contributed by atoms with van der Waals surface area (Å²) in [6, 6.07) is 13.1. The summed E-state index contributed by atoms with van der Waals surface area (Å²) in [4.78, 5) is 19.9. The third-order valence-corrected chi connectivity index (χ3v) is 5.50. The molecule has 0 fully saturated rings. The molecule has 3 rings (SSSR count). The quantitative estimate of drug-likeness (QED) is 0.463. The normalized spacial score (nSPS) is 12.1. The third-order valence-electron chi connectivity index (χ3n) is 5.00. The van der Waals surface area contributed by atoms with E-state index in [-0.39, 0.29) is 18.1 Å². The van der Waals surface area contributed by atoms with Crippen LogP contribution in [0.5, 0.6) is 5.75 Å². The maximum absolute atomic E-state index is 13.3. The molecule has 1 aromatic heterocycles. The Morgan fingerprint density at radius 1 is 1.32 bits per heavy atom. The molecule has 0 bridgehead atoms. The molecule has 0 spiro atoms. The van der Waals surface area contributed by atoms with Gasteiger partial charge in [0.2, 0.25) is 0 Å². The first kappa shape index (κ1) is 22.5. The minimum Gasteiger partial charge on any atom is -0.478 e. The Hall–Kier alpha value is -3.18. The molecule has 0 saturated carbocycles. The van der Waals surface area contributed by atoms with Gasteiger partial charge >= 0.3 is 0 Å². The van der Waals surface area contributed by atoms with Gasteiger partial charge in [-0.05, 0) is 36.8 Å². The fraction of sp³-hybridized carbons (Fsp3) is 0.304. The van der Waals surface area contributed by atoms with Gasteiger partial charge < -0.3 is 9.64 Å². The first-order valence-corrected chi connectivity index (χ1v) is 10.7. The van der Waals surface area contributed by atoms with Gasteiger partial charge in [0.15, 0.2) is 6.61 Å². The van der Waals surface area contributed by atoms with E-state index in [4.69, 9.17) is 15.0 Å². The molecule has 0 aliphatic rings. The summed E-state index contributed by atoms with van der Waals surface area (Å²) in [6.07, 6.45) is 2.39. The van der Waals surface area contributed by atoms with Crippen molar-refractivity contribution in [3.8, 4) is 11.8 Å². The molecular weight excluding hydrogens is 458 g/mol. The zero-order chi connectivity index (χ0) is 22.5. The van der Waals surface area contributed by atoms with E-state index in [0.29, 0.717) is 28.0 Å². The van der Waals surface area contributed by atoms with Gasteiger partial charge in [0.1, 0.15) is 17.6 Å². The van der Waals surface area contributed by atoms with Crippen molar-refractivity contribution in [3.63, 3.8) is 0 Å². The number of benzene rings is 2. The zero-order valence-corrected chi connectivity index (χ0v) is 19.5. The van der Waals surface area contributed by atoms with Gasteiger partial charge in [-0.3, -0.25) is 4.79 Å². The van der Waals surface area contributed by atoms with Crippen LogP contribution in [0.15, 0.2) is 50.8 Å². The number of nitrogens with zero attached hydrogens (tertiary/aromatic N) is 5. The summed E-state index contributed by atoms with van der Waals surface area (Å²) >= 11 is 3.42. The molecule has 3 aromatic rings. The van der Waals surface area contributed by atoms with E-state index >= 15 is 0 Å². The second kappa shape index (κ2) is 9.75. The topological polar surface area (TPSA) is 83.5 Å². The van der Waals surface area contributed by atoms with Crippen molar-refractivity contribution in [2.45, 2.75) is 26.2 Å². The molecule has 7 nitrogen and oxygen atoms in total. The zero-order valence-electron chi connectivity index (χ0n) is 18.0. The van der Waals surface area contributed by atoms with Gasteiger partial charge in [0.05, 0.1) is 17.1 Å². The van der Waals surface area contributed by atoms with E-state index < -0.39 is 0 Å². The van der Waals surface area contributed by atoms with Gasteiger partial charge in [0, 0.05) is 41.8 Å². The standard InChI is InChI=1S/C23H24BrN5O2/c1-5-15(2)22-27-20-9-7-17(24)12-19(20)23(30)29(22)26-14-16-6-8-18(28(3)4)13-21(16)31-11-10-25/h6-9,12-15H,5,11H2,1-4H3/t15-/m1/s1. The summed E-state index contributed by atoms with van der Waals surface area (Å²) in [5.41, 5.74) is 2.00. The summed E-state index contributed by atoms with van der Waals surface area (Å²) < 4.78 is 7.75. The first-order valence-electron chi connectivity index (χ1n) is 9.93. The second-order valence-corrected chi connectivity index (χ2v) is 8.28. The lowest BCUT2D eigenvalue weighted by Crippen LogP contribution is -2.23. The van der Waals surface area contributed by atoms with Gasteiger partial charge in [-0.25, -0.2) is 4.98 Å². The summed E-state index contributed by atoms with van der Waals surface area (Å²) in [5, 5.41) is 13.9. The van der Waals surface area contributed by atoms with Gasteiger partial charge in [0.25, 0.3) is 5.56 Å². The highest BCUT2D eigenvalue weighted by Crippen LogP contribution is 2.25. The van der Waals surface area contributed by atoms with E-state index in [9.17, 15) is 4.79 Å². The van der Waals surface area contributed by atoms with Crippen LogP contribution in [-0.4, -0.2) is 36.6 Å². The Labute approximate surface area is 189 Å². The second-order valence-electron chi connectivity index (χ2n) is 7.37. The average molecular weight is 482 g/mol. The lowest BCUT2D eigenvalue weighted by atomic mass is 10.1. The fourth-order valence-corrected chi connectivity index (χ4v) is 3.40. The van der Waals surface area contributed by atoms with Gasteiger partial charge in [-0.1, -0.05) is 29.8 Å². The number of anilines is 1. The maximum atomic E-state index is 13.3. The Morgan fingerprint density at radius 3 is 2.77 bits per heavy atom. The van der Waals surface area contributed by atoms with Crippen molar-refractivity contribution in [2.24, 2.45) is 5.10 Å². The largest absolute Gasteiger partial charge is 0.478 e. The first-order chi connectivity index (χ1) is 14.8. The smallest absolute Gasteiger partial charge is 0.282 e. The van der Waals surface area contributed by atoms with E-state index in [2.05, 4.69) is 21.0 Å². The van der Waals surface area contributed by atoms with Crippen molar-refractivity contribution in [1.29, 1.82) is 5.26 Å². The van der Waals surface area contributed by atoms with Gasteiger partial charge in [-0.2, -0.15) is 15.0 Å². The molecule has 0 N–H and O–H groups in total. The number of halogens is 1. The number of rotatable bonds is 7. The van der Waals surface area contributed by atoms with Crippen LogP contribution in [0.1, 0.15) is 37.6 Å². The predicted octanol–water partition coefficient (Wildman–Crippen LogP) is 4.52. The summed E-state index contributed by atoms with van der Waals surface area (Å²) in [5.74, 6) is 1.16. The molecule has 0 radical (unpaired) electrons. The van der Waals surface area contributed by atoms with E-state index in [1.807, 2.05) is 69.2 Å². The van der Waals surface area contributed by atoms with Crippen molar-refractivity contribution in [1.82, 2.24) is 9.66 Å². The number of fused-ring (bicyclic) bond motifs is 1. The molecule has 0 aliphatic carbocycles. The molecule has 0 saturated heterocycles. The molecule has 0 unspecified atom stereocenters. The highest BCUT2D eigenvalue weighted by atomic mass is 79.9. The van der Waals surface area contributed by atoms with Crippen LogP contribution >= 0.6 is 15.9 Å². The SMILES string of the molecule is CC[C@@H](C)c1nc2ccc(Br)cc2c(=O)n1N=Cc1ccc(N(C)C)cc1OCC#N. The minimum atomic E-state index is -0.234. The number of nitriles is 1. The highest BCUT2D eigenvalue weighted by Gasteiger charge is 2.16. The molecule has 2 aromatic carbocycles. The minimum absolute atomic E-state index is 0.0447. The third kappa shape index (κ3) is 4.94. The van der Waals surface area contributed by atoms with Crippen molar-refractivity contribution >= 4 is 38.7 Å². The number of hydrogen-bond donors (Lipinski definition) is 0. The molecule has 31 heavy (non-hydrogen) atoms. The Balaban J connectivity index is 2.15. The summed E-state index contributed by atoms with van der Waals surface area (Å²) in [6.45, 7) is 3.98. The molecule has 8 heteroatoms. The van der Waals surface area contributed by atoms with Crippen molar-refractivity contribution < 1.29 is 4.74 Å². The van der Waals surface area contributed by atoms with Crippen LogP contribution in [0.3, 0.4) is 0 Å². The number of hydrogen-bond acceptors (Lipinski definition) is 6. The van der Waals surface area contributed by atoms with Crippen molar-refractivity contribution in [2.75, 3.05) is 25.6 Å². The van der Waals surface area contributed by atoms with Crippen LogP contribution in [0.4, 0.5) is 5.69 Å². The molecular formula is C23H24BrN5O2. The lowest BCUT2D eigenvalue weighted by molar-refractivity contribution is 0.367. The average Bonchev–Trinajstić information content (AvgIpc) is 2.76. The van der Waals surface area contributed by atoms with Crippen molar-refractivity contribution in [3.05, 3.63) is 62.6 Å². The van der Waals surface area contributed by atoms with E-state index in [1.54, 1.807) is 12.3 Å². The molecule has 0 amide bonds. The Bertz CT molecular complexity index is 1230. The van der Waals surface area contributed by atoms with Crippen LogP contribution in [0.25, 0.3) is 10.9 Å². The number of aromatic nitrogens is 2. The van der Waals surface area contributed by atoms with Crippen LogP contribution in [0.2, 0.25) is 0 Å². The summed E-state index contributed by atoms with van der Waals surface area (Å²) in [7, 11) is 3.85. The predicted molar refractivity (Wildman–Crippen MR) is 127 cm³/mol. The fourth-order valence-electron chi connectivity index (χ4n) is 3.04. The Morgan fingerprint density at radius 2 is 2.10 bits per heavy atom. The number of ether oxygens (including phenoxy) is 1. The van der Waals surface area contributed by atoms with Crippen LogP contribution in [-0.2, 0) is 0 Å². The molecule has 1 atom stereocenters. The molecule has 0 aliphatic heterocycles. The van der Waals surface area contributed by atoms with Gasteiger partial charge in [-0.15, -0.1) is 0 Å². The highest BCUT2D eigenvalue weighted by molar-refractivity contribution is 9.10. The maximum Gasteiger partial charge on any atom is 0.282 e. The Kier molecular flexibility index (Phi) is 7.08. The van der Waals surface area contributed by atoms with E-state index in [1.165, 1.54) is 4.68 Å². The molecule has 160 valence electrons. The monoisotopic (exact) mass is 481 g/mol.